The smallest absolute Gasteiger partial charge is 0.263 e. The van der Waals surface area contributed by atoms with Gasteiger partial charge in [0.15, 0.2) is 0 Å². The summed E-state index contributed by atoms with van der Waals surface area (Å²) in [6.45, 7) is 1.79. The Morgan fingerprint density at radius 3 is 2.59 bits per heavy atom. The van der Waals surface area contributed by atoms with Gasteiger partial charge < -0.3 is 9.80 Å². The van der Waals surface area contributed by atoms with Gasteiger partial charge in [0.1, 0.15) is 0 Å². The van der Waals surface area contributed by atoms with Crippen molar-refractivity contribution in [1.29, 1.82) is 0 Å². The van der Waals surface area contributed by atoms with E-state index in [1.165, 1.54) is 11.3 Å². The number of amides is 2. The van der Waals surface area contributed by atoms with Crippen LogP contribution >= 0.6 is 11.3 Å². The fourth-order valence-electron chi connectivity index (χ4n) is 3.71. The molecule has 0 atom stereocenters. The van der Waals surface area contributed by atoms with Gasteiger partial charge in [-0.05, 0) is 36.4 Å². The molecule has 0 bridgehead atoms. The summed E-state index contributed by atoms with van der Waals surface area (Å²) < 4.78 is 1.82. The monoisotopic (exact) mass is 408 g/mol. The topological polar surface area (TPSA) is 58.4 Å². The SMILES string of the molecule is CN(Cc1cnn(-c2ccccc2)c1)C(=O)C1CCN(C(=O)c2cccs2)CC1. The Morgan fingerprint density at radius 2 is 1.90 bits per heavy atom. The molecule has 1 aromatic carbocycles. The highest BCUT2D eigenvalue weighted by molar-refractivity contribution is 7.12. The maximum Gasteiger partial charge on any atom is 0.263 e. The summed E-state index contributed by atoms with van der Waals surface area (Å²) in [5.74, 6) is 0.185. The van der Waals surface area contributed by atoms with Crippen LogP contribution in [0.25, 0.3) is 5.69 Å². The summed E-state index contributed by atoms with van der Waals surface area (Å²) in [5.41, 5.74) is 1.99. The molecule has 2 amide bonds. The Labute approximate surface area is 174 Å². The molecule has 1 aliphatic heterocycles. The van der Waals surface area contributed by atoms with Crippen LogP contribution in [-0.2, 0) is 11.3 Å². The quantitative estimate of drug-likeness (QED) is 0.650. The van der Waals surface area contributed by atoms with Gasteiger partial charge >= 0.3 is 0 Å². The van der Waals surface area contributed by atoms with Crippen molar-refractivity contribution < 1.29 is 9.59 Å². The number of likely N-dealkylation sites (tertiary alicyclic amines) is 1. The Bertz CT molecular complexity index is 960. The van der Waals surface area contributed by atoms with Crippen LogP contribution in [0.5, 0.6) is 0 Å². The first-order chi connectivity index (χ1) is 14.1. The molecule has 1 fully saturated rings. The number of carbonyl (C=O) groups excluding carboxylic acids is 2. The second-order valence-electron chi connectivity index (χ2n) is 7.37. The lowest BCUT2D eigenvalue weighted by Gasteiger charge is -2.33. The third-order valence-electron chi connectivity index (χ3n) is 5.32. The minimum absolute atomic E-state index is 0.0310. The van der Waals surface area contributed by atoms with Crippen molar-refractivity contribution in [3.8, 4) is 5.69 Å². The van der Waals surface area contributed by atoms with Crippen LogP contribution in [-0.4, -0.2) is 51.5 Å². The fraction of sp³-hybridized carbons (Fsp3) is 0.318. The molecule has 4 rings (SSSR count). The van der Waals surface area contributed by atoms with Gasteiger partial charge in [-0.25, -0.2) is 4.68 Å². The first-order valence-electron chi connectivity index (χ1n) is 9.78. The summed E-state index contributed by atoms with van der Waals surface area (Å²) in [6.07, 6.45) is 5.19. The van der Waals surface area contributed by atoms with Crippen LogP contribution < -0.4 is 0 Å². The molecule has 3 heterocycles. The molecule has 1 aliphatic rings. The predicted molar refractivity (Wildman–Crippen MR) is 113 cm³/mol. The molecule has 3 aromatic rings. The van der Waals surface area contributed by atoms with Crippen LogP contribution in [0.1, 0.15) is 28.1 Å². The number of aromatic nitrogens is 2. The average Bonchev–Trinajstić information content (AvgIpc) is 3.46. The lowest BCUT2D eigenvalue weighted by molar-refractivity contribution is -0.136. The standard InChI is InChI=1S/C22H24N4O2S/c1-24(15-17-14-23-26(16-17)19-6-3-2-4-7-19)21(27)18-9-11-25(12-10-18)22(28)20-8-5-13-29-20/h2-8,13-14,16,18H,9-12,15H2,1H3. The average molecular weight is 409 g/mol. The second kappa shape index (κ2) is 8.61. The Hall–Kier alpha value is -2.93. The number of rotatable bonds is 5. The van der Waals surface area contributed by atoms with Gasteiger partial charge in [-0.2, -0.15) is 5.10 Å². The largest absolute Gasteiger partial charge is 0.341 e. The first kappa shape index (κ1) is 19.4. The van der Waals surface area contributed by atoms with Crippen molar-refractivity contribution in [1.82, 2.24) is 19.6 Å². The zero-order valence-corrected chi connectivity index (χ0v) is 17.2. The third-order valence-corrected chi connectivity index (χ3v) is 6.17. The Morgan fingerprint density at radius 1 is 1.14 bits per heavy atom. The molecule has 7 heteroatoms. The van der Waals surface area contributed by atoms with Gasteiger partial charge in [0, 0.05) is 44.4 Å². The zero-order valence-electron chi connectivity index (χ0n) is 16.4. The Balaban J connectivity index is 1.31. The highest BCUT2D eigenvalue weighted by Crippen LogP contribution is 2.23. The molecule has 0 unspecified atom stereocenters. The number of hydrogen-bond acceptors (Lipinski definition) is 4. The molecule has 150 valence electrons. The van der Waals surface area contributed by atoms with E-state index in [-0.39, 0.29) is 17.7 Å². The molecule has 0 N–H and O–H groups in total. The molecular formula is C22H24N4O2S. The molecule has 2 aromatic heterocycles. The summed E-state index contributed by atoms with van der Waals surface area (Å²) >= 11 is 1.46. The summed E-state index contributed by atoms with van der Waals surface area (Å²) in [6, 6.07) is 13.7. The van der Waals surface area contributed by atoms with E-state index in [0.717, 1.165) is 16.1 Å². The van der Waals surface area contributed by atoms with Gasteiger partial charge in [-0.3, -0.25) is 9.59 Å². The molecule has 1 saturated heterocycles. The summed E-state index contributed by atoms with van der Waals surface area (Å²) in [5, 5.41) is 6.32. The van der Waals surface area contributed by atoms with Crippen LogP contribution in [0.4, 0.5) is 0 Å². The predicted octanol–water partition coefficient (Wildman–Crippen LogP) is 3.44. The highest BCUT2D eigenvalue weighted by atomic mass is 32.1. The lowest BCUT2D eigenvalue weighted by Crippen LogP contribution is -2.43. The van der Waals surface area contributed by atoms with E-state index in [1.54, 1.807) is 11.1 Å². The normalized spacial score (nSPS) is 14.7. The number of benzene rings is 1. The number of para-hydroxylation sites is 1. The molecule has 0 aliphatic carbocycles. The van der Waals surface area contributed by atoms with Crippen molar-refractivity contribution in [3.63, 3.8) is 0 Å². The van der Waals surface area contributed by atoms with Crippen molar-refractivity contribution in [2.24, 2.45) is 5.92 Å². The Kier molecular flexibility index (Phi) is 5.76. The van der Waals surface area contributed by atoms with Crippen molar-refractivity contribution >= 4 is 23.2 Å². The maximum atomic E-state index is 12.9. The molecule has 6 nitrogen and oxygen atoms in total. The van der Waals surface area contributed by atoms with Crippen LogP contribution in [0, 0.1) is 5.92 Å². The minimum Gasteiger partial charge on any atom is -0.341 e. The van der Waals surface area contributed by atoms with E-state index in [0.29, 0.717) is 32.5 Å². The zero-order chi connectivity index (χ0) is 20.2. The van der Waals surface area contributed by atoms with E-state index in [9.17, 15) is 9.59 Å². The number of carbonyl (C=O) groups is 2. The van der Waals surface area contributed by atoms with Crippen LogP contribution in [0.3, 0.4) is 0 Å². The molecule has 0 spiro atoms. The van der Waals surface area contributed by atoms with Gasteiger partial charge in [0.25, 0.3) is 5.91 Å². The van der Waals surface area contributed by atoms with Gasteiger partial charge in [-0.15, -0.1) is 11.3 Å². The van der Waals surface area contributed by atoms with Gasteiger partial charge in [0.05, 0.1) is 16.8 Å². The number of nitrogens with zero attached hydrogens (tertiary/aromatic N) is 4. The van der Waals surface area contributed by atoms with Crippen molar-refractivity contribution in [2.45, 2.75) is 19.4 Å². The summed E-state index contributed by atoms with van der Waals surface area (Å²) in [7, 11) is 1.84. The van der Waals surface area contributed by atoms with E-state index in [1.807, 2.05) is 70.7 Å². The number of hydrogen-bond donors (Lipinski definition) is 0. The fourth-order valence-corrected chi connectivity index (χ4v) is 4.40. The number of piperidine rings is 1. The highest BCUT2D eigenvalue weighted by Gasteiger charge is 2.29. The summed E-state index contributed by atoms with van der Waals surface area (Å²) in [4.78, 5) is 29.7. The molecular weight excluding hydrogens is 384 g/mol. The van der Waals surface area contributed by atoms with Gasteiger partial charge in [-0.1, -0.05) is 24.3 Å². The second-order valence-corrected chi connectivity index (χ2v) is 8.31. The van der Waals surface area contributed by atoms with Crippen LogP contribution in [0.2, 0.25) is 0 Å². The minimum atomic E-state index is -0.0310. The molecule has 0 saturated carbocycles. The van der Waals surface area contributed by atoms with Crippen LogP contribution in [0.15, 0.2) is 60.2 Å². The van der Waals surface area contributed by atoms with E-state index >= 15 is 0 Å². The van der Waals surface area contributed by atoms with Crippen molar-refractivity contribution in [2.75, 3.05) is 20.1 Å². The maximum absolute atomic E-state index is 12.9. The number of thiophene rings is 1. The molecule has 29 heavy (non-hydrogen) atoms. The van der Waals surface area contributed by atoms with Crippen molar-refractivity contribution in [3.05, 3.63) is 70.7 Å². The first-order valence-corrected chi connectivity index (χ1v) is 10.7. The lowest BCUT2D eigenvalue weighted by atomic mass is 9.95. The van der Waals surface area contributed by atoms with E-state index in [4.69, 9.17) is 0 Å². The van der Waals surface area contributed by atoms with Gasteiger partial charge in [0.2, 0.25) is 5.91 Å². The van der Waals surface area contributed by atoms with E-state index < -0.39 is 0 Å². The van der Waals surface area contributed by atoms with E-state index in [2.05, 4.69) is 5.10 Å². The molecule has 0 radical (unpaired) electrons. The third kappa shape index (κ3) is 4.40.